The Bertz CT molecular complexity index is 992. The van der Waals surface area contributed by atoms with Crippen LogP contribution in [0.2, 0.25) is 0 Å². The van der Waals surface area contributed by atoms with Crippen LogP contribution in [0.4, 0.5) is 8.78 Å². The van der Waals surface area contributed by atoms with E-state index in [0.717, 1.165) is 30.5 Å². The first-order chi connectivity index (χ1) is 13.8. The van der Waals surface area contributed by atoms with Gasteiger partial charge in [-0.25, -0.2) is 8.42 Å². The molecule has 2 aromatic carbocycles. The molecule has 0 aromatic heterocycles. The molecule has 0 aliphatic carbocycles. The lowest BCUT2D eigenvalue weighted by molar-refractivity contribution is 0.0735. The van der Waals surface area contributed by atoms with E-state index >= 15 is 0 Å². The molecule has 0 bridgehead atoms. The first kappa shape index (κ1) is 21.0. The number of hydrogen-bond donors (Lipinski definition) is 0. The minimum Gasteiger partial charge on any atom is -0.493 e. The summed E-state index contributed by atoms with van der Waals surface area (Å²) in [5, 5.41) is 0. The average molecular weight is 425 g/mol. The Morgan fingerprint density at radius 1 is 1.07 bits per heavy atom. The highest BCUT2D eigenvalue weighted by atomic mass is 32.2. The summed E-state index contributed by atoms with van der Waals surface area (Å²) in [6.45, 7) is 0.537. The standard InChI is InChI=1S/C20H21F2NO5S/c1-27-17-10-7-14(12-18(17)28-2)16-4-3-11-23(16)19(24)13-5-8-15(9-6-13)29(25,26)20(21)22/h5-10,12,16,20H,3-4,11H2,1-2H3/t16-/m0/s1. The first-order valence-corrected chi connectivity index (χ1v) is 10.5. The lowest BCUT2D eigenvalue weighted by Gasteiger charge is -2.26. The van der Waals surface area contributed by atoms with Crippen molar-refractivity contribution in [1.82, 2.24) is 4.90 Å². The predicted molar refractivity (Wildman–Crippen MR) is 102 cm³/mol. The molecular formula is C20H21F2NO5S. The molecule has 1 aliphatic heterocycles. The molecule has 1 fully saturated rings. The maximum Gasteiger partial charge on any atom is 0.341 e. The SMILES string of the molecule is COc1ccc([C@@H]2CCCN2C(=O)c2ccc(S(=O)(=O)C(F)F)cc2)cc1OC. The van der Waals surface area contributed by atoms with Gasteiger partial charge in [-0.3, -0.25) is 4.79 Å². The summed E-state index contributed by atoms with van der Waals surface area (Å²) in [6.07, 6.45) is 1.57. The lowest BCUT2D eigenvalue weighted by atomic mass is 10.0. The quantitative estimate of drug-likeness (QED) is 0.706. The third-order valence-electron chi connectivity index (χ3n) is 4.97. The normalized spacial score (nSPS) is 16.9. The van der Waals surface area contributed by atoms with E-state index in [0.29, 0.717) is 18.0 Å². The van der Waals surface area contributed by atoms with Crippen LogP contribution in [-0.4, -0.2) is 45.7 Å². The van der Waals surface area contributed by atoms with E-state index in [1.807, 2.05) is 12.1 Å². The molecule has 3 rings (SSSR count). The molecule has 9 heteroatoms. The third kappa shape index (κ3) is 4.05. The van der Waals surface area contributed by atoms with Crippen molar-refractivity contribution in [1.29, 1.82) is 0 Å². The zero-order valence-electron chi connectivity index (χ0n) is 16.0. The molecule has 6 nitrogen and oxygen atoms in total. The first-order valence-electron chi connectivity index (χ1n) is 8.94. The number of alkyl halides is 2. The van der Waals surface area contributed by atoms with Gasteiger partial charge < -0.3 is 14.4 Å². The fraction of sp³-hybridized carbons (Fsp3) is 0.350. The highest BCUT2D eigenvalue weighted by molar-refractivity contribution is 7.91. The Morgan fingerprint density at radius 2 is 1.72 bits per heavy atom. The molecular weight excluding hydrogens is 404 g/mol. The molecule has 0 N–H and O–H groups in total. The zero-order chi connectivity index (χ0) is 21.2. The lowest BCUT2D eigenvalue weighted by Crippen LogP contribution is -2.30. The largest absolute Gasteiger partial charge is 0.493 e. The highest BCUT2D eigenvalue weighted by Gasteiger charge is 2.32. The fourth-order valence-electron chi connectivity index (χ4n) is 3.47. The molecule has 0 unspecified atom stereocenters. The summed E-state index contributed by atoms with van der Waals surface area (Å²) >= 11 is 0. The molecule has 0 saturated carbocycles. The van der Waals surface area contributed by atoms with E-state index in [9.17, 15) is 22.0 Å². The number of ether oxygens (including phenoxy) is 2. The molecule has 1 heterocycles. The van der Waals surface area contributed by atoms with Gasteiger partial charge in [0.1, 0.15) is 0 Å². The molecule has 1 amide bonds. The zero-order valence-corrected chi connectivity index (χ0v) is 16.8. The summed E-state index contributed by atoms with van der Waals surface area (Å²) in [5.74, 6) is -2.64. The molecule has 0 radical (unpaired) electrons. The van der Waals surface area contributed by atoms with Crippen LogP contribution in [0, 0.1) is 0 Å². The Labute approximate surface area is 168 Å². The number of halogens is 2. The number of likely N-dealkylation sites (tertiary alicyclic amines) is 1. The van der Waals surface area contributed by atoms with Crippen LogP contribution < -0.4 is 9.47 Å². The molecule has 29 heavy (non-hydrogen) atoms. The number of hydrogen-bond acceptors (Lipinski definition) is 5. The van der Waals surface area contributed by atoms with E-state index in [-0.39, 0.29) is 17.5 Å². The van der Waals surface area contributed by atoms with Crippen molar-refractivity contribution in [2.75, 3.05) is 20.8 Å². The van der Waals surface area contributed by atoms with E-state index in [1.165, 1.54) is 19.2 Å². The number of rotatable bonds is 6. The van der Waals surface area contributed by atoms with Crippen molar-refractivity contribution >= 4 is 15.7 Å². The highest BCUT2D eigenvalue weighted by Crippen LogP contribution is 2.37. The van der Waals surface area contributed by atoms with E-state index < -0.39 is 20.5 Å². The number of amides is 1. The second-order valence-electron chi connectivity index (χ2n) is 6.60. The molecule has 1 atom stereocenters. The Morgan fingerprint density at radius 3 is 2.31 bits per heavy atom. The monoisotopic (exact) mass is 425 g/mol. The molecule has 1 saturated heterocycles. The molecule has 156 valence electrons. The van der Waals surface area contributed by atoms with Crippen molar-refractivity contribution in [2.45, 2.75) is 29.5 Å². The maximum atomic E-state index is 13.0. The predicted octanol–water partition coefficient (Wildman–Crippen LogP) is 3.68. The summed E-state index contributed by atoms with van der Waals surface area (Å²) in [7, 11) is -1.61. The third-order valence-corrected chi connectivity index (χ3v) is 6.37. The maximum absolute atomic E-state index is 13.0. The van der Waals surface area contributed by atoms with Gasteiger partial charge in [-0.1, -0.05) is 6.07 Å². The molecule has 2 aromatic rings. The Kier molecular flexibility index (Phi) is 6.07. The summed E-state index contributed by atoms with van der Waals surface area (Å²) in [6, 6.07) is 9.91. The fourth-order valence-corrected chi connectivity index (χ4v) is 4.19. The smallest absolute Gasteiger partial charge is 0.341 e. The summed E-state index contributed by atoms with van der Waals surface area (Å²) in [5.41, 5.74) is 1.14. The minimum atomic E-state index is -4.69. The van der Waals surface area contributed by atoms with Gasteiger partial charge in [0.2, 0.25) is 9.84 Å². The van der Waals surface area contributed by atoms with Crippen LogP contribution in [-0.2, 0) is 9.84 Å². The van der Waals surface area contributed by atoms with Gasteiger partial charge in [0, 0.05) is 12.1 Å². The second kappa shape index (κ2) is 8.36. The minimum absolute atomic E-state index is 0.174. The van der Waals surface area contributed by atoms with Gasteiger partial charge in [-0.05, 0) is 54.8 Å². The van der Waals surface area contributed by atoms with Crippen molar-refractivity contribution in [3.63, 3.8) is 0 Å². The van der Waals surface area contributed by atoms with Crippen LogP contribution in [0.25, 0.3) is 0 Å². The van der Waals surface area contributed by atoms with Gasteiger partial charge in [0.05, 0.1) is 25.2 Å². The number of methoxy groups -OCH3 is 2. The number of sulfone groups is 1. The number of benzene rings is 2. The van der Waals surface area contributed by atoms with Gasteiger partial charge in [-0.15, -0.1) is 0 Å². The Hall–Kier alpha value is -2.68. The number of carbonyl (C=O) groups is 1. The van der Waals surface area contributed by atoms with E-state index in [2.05, 4.69) is 0 Å². The number of nitrogens with zero attached hydrogens (tertiary/aromatic N) is 1. The van der Waals surface area contributed by atoms with Crippen LogP contribution >= 0.6 is 0 Å². The van der Waals surface area contributed by atoms with Crippen molar-refractivity contribution in [3.8, 4) is 11.5 Å². The molecule has 1 aliphatic rings. The Balaban J connectivity index is 1.85. The average Bonchev–Trinajstić information content (AvgIpc) is 3.22. The van der Waals surface area contributed by atoms with Crippen molar-refractivity contribution in [3.05, 3.63) is 53.6 Å². The van der Waals surface area contributed by atoms with Crippen LogP contribution in [0.1, 0.15) is 34.8 Å². The van der Waals surface area contributed by atoms with E-state index in [1.54, 1.807) is 18.1 Å². The van der Waals surface area contributed by atoms with Crippen molar-refractivity contribution < 1.29 is 31.5 Å². The van der Waals surface area contributed by atoms with Crippen LogP contribution in [0.15, 0.2) is 47.4 Å². The second-order valence-corrected chi connectivity index (χ2v) is 8.52. The van der Waals surface area contributed by atoms with Crippen LogP contribution in [0.3, 0.4) is 0 Å². The van der Waals surface area contributed by atoms with Gasteiger partial charge >= 0.3 is 5.76 Å². The summed E-state index contributed by atoms with van der Waals surface area (Å²) in [4.78, 5) is 14.2. The topological polar surface area (TPSA) is 72.9 Å². The molecule has 0 spiro atoms. The van der Waals surface area contributed by atoms with Gasteiger partial charge in [0.25, 0.3) is 5.91 Å². The summed E-state index contributed by atoms with van der Waals surface area (Å²) < 4.78 is 59.0. The number of carbonyl (C=O) groups excluding carboxylic acids is 1. The van der Waals surface area contributed by atoms with Crippen molar-refractivity contribution in [2.24, 2.45) is 0 Å². The van der Waals surface area contributed by atoms with Gasteiger partial charge in [-0.2, -0.15) is 8.78 Å². The van der Waals surface area contributed by atoms with E-state index in [4.69, 9.17) is 9.47 Å². The van der Waals surface area contributed by atoms with Crippen LogP contribution in [0.5, 0.6) is 11.5 Å². The van der Waals surface area contributed by atoms with Gasteiger partial charge in [0.15, 0.2) is 11.5 Å².